The van der Waals surface area contributed by atoms with Crippen molar-refractivity contribution in [2.24, 2.45) is 0 Å². The van der Waals surface area contributed by atoms with Crippen LogP contribution >= 0.6 is 0 Å². The van der Waals surface area contributed by atoms with E-state index in [-0.39, 0.29) is 22.7 Å². The SMILES string of the molecule is CC(CNC(=O)c1cnc(N)cn1)S(C)=O. The number of carbonyl (C=O) groups is 1. The first kappa shape index (κ1) is 12.6. The maximum absolute atomic E-state index is 11.5. The van der Waals surface area contributed by atoms with Gasteiger partial charge in [-0.1, -0.05) is 0 Å². The third-order valence-electron chi connectivity index (χ3n) is 2.02. The highest BCUT2D eigenvalue weighted by molar-refractivity contribution is 7.84. The predicted molar refractivity (Wildman–Crippen MR) is 62.3 cm³/mol. The molecule has 1 heterocycles. The second-order valence-corrected chi connectivity index (χ2v) is 5.15. The molecule has 1 rings (SSSR count). The Hall–Kier alpha value is -1.50. The Balaban J connectivity index is 2.53. The van der Waals surface area contributed by atoms with Crippen molar-refractivity contribution < 1.29 is 9.00 Å². The highest BCUT2D eigenvalue weighted by atomic mass is 32.2. The zero-order valence-corrected chi connectivity index (χ0v) is 9.95. The first-order valence-electron chi connectivity index (χ1n) is 4.68. The van der Waals surface area contributed by atoms with E-state index in [4.69, 9.17) is 5.73 Å². The number of nitrogen functional groups attached to an aromatic ring is 1. The summed E-state index contributed by atoms with van der Waals surface area (Å²) in [5.74, 6) is -0.0793. The van der Waals surface area contributed by atoms with Crippen molar-refractivity contribution in [2.45, 2.75) is 12.2 Å². The third-order valence-corrected chi connectivity index (χ3v) is 3.32. The normalized spacial score (nSPS) is 14.1. The van der Waals surface area contributed by atoms with Crippen LogP contribution < -0.4 is 11.1 Å². The van der Waals surface area contributed by atoms with Crippen LogP contribution in [0.5, 0.6) is 0 Å². The standard InChI is InChI=1S/C9H14N4O2S/c1-6(16(2)15)3-13-9(14)7-4-12-8(10)5-11-7/h4-6H,3H2,1-2H3,(H2,10,12)(H,13,14). The van der Waals surface area contributed by atoms with Gasteiger partial charge in [0.05, 0.1) is 12.4 Å². The van der Waals surface area contributed by atoms with Gasteiger partial charge in [0.15, 0.2) is 0 Å². The number of nitrogens with two attached hydrogens (primary N) is 1. The summed E-state index contributed by atoms with van der Waals surface area (Å²) in [5, 5.41) is 2.53. The largest absolute Gasteiger partial charge is 0.382 e. The molecule has 88 valence electrons. The molecule has 0 aliphatic rings. The number of amides is 1. The molecule has 3 N–H and O–H groups in total. The predicted octanol–water partition coefficient (Wildman–Crippen LogP) is -0.444. The van der Waals surface area contributed by atoms with Crippen LogP contribution in [-0.2, 0) is 10.8 Å². The third kappa shape index (κ3) is 3.58. The van der Waals surface area contributed by atoms with Crippen molar-refractivity contribution in [2.75, 3.05) is 18.5 Å². The molecule has 2 atom stereocenters. The van der Waals surface area contributed by atoms with Gasteiger partial charge in [-0.2, -0.15) is 0 Å². The summed E-state index contributed by atoms with van der Waals surface area (Å²) in [5.41, 5.74) is 5.54. The van der Waals surface area contributed by atoms with Crippen LogP contribution in [0, 0.1) is 0 Å². The Bertz CT molecular complexity index is 393. The molecule has 0 aromatic carbocycles. The fourth-order valence-electron chi connectivity index (χ4n) is 0.900. The molecule has 1 aromatic rings. The molecule has 1 amide bonds. The van der Waals surface area contributed by atoms with Crippen molar-refractivity contribution in [1.82, 2.24) is 15.3 Å². The highest BCUT2D eigenvalue weighted by Crippen LogP contribution is 1.96. The fraction of sp³-hybridized carbons (Fsp3) is 0.444. The van der Waals surface area contributed by atoms with Crippen LogP contribution in [-0.4, -0.2) is 38.1 Å². The molecular weight excluding hydrogens is 228 g/mol. The van der Waals surface area contributed by atoms with E-state index in [2.05, 4.69) is 15.3 Å². The second kappa shape index (κ2) is 5.55. The van der Waals surface area contributed by atoms with Crippen LogP contribution in [0.1, 0.15) is 17.4 Å². The van der Waals surface area contributed by atoms with Crippen LogP contribution in [0.4, 0.5) is 5.82 Å². The lowest BCUT2D eigenvalue weighted by Gasteiger charge is -2.09. The van der Waals surface area contributed by atoms with Gasteiger partial charge in [0.25, 0.3) is 5.91 Å². The number of hydrogen-bond donors (Lipinski definition) is 2. The minimum atomic E-state index is -0.958. The van der Waals surface area contributed by atoms with Crippen molar-refractivity contribution in [1.29, 1.82) is 0 Å². The number of anilines is 1. The first-order chi connectivity index (χ1) is 7.50. The Morgan fingerprint density at radius 2 is 2.25 bits per heavy atom. The average Bonchev–Trinajstić information content (AvgIpc) is 2.26. The number of carbonyl (C=O) groups excluding carboxylic acids is 1. The Morgan fingerprint density at radius 1 is 1.56 bits per heavy atom. The smallest absolute Gasteiger partial charge is 0.271 e. The maximum Gasteiger partial charge on any atom is 0.271 e. The molecule has 0 aliphatic carbocycles. The average molecular weight is 242 g/mol. The van der Waals surface area contributed by atoms with Gasteiger partial charge in [0.1, 0.15) is 11.5 Å². The molecule has 2 unspecified atom stereocenters. The summed E-state index contributed by atoms with van der Waals surface area (Å²) < 4.78 is 11.1. The summed E-state index contributed by atoms with van der Waals surface area (Å²) in [4.78, 5) is 19.1. The van der Waals surface area contributed by atoms with Crippen molar-refractivity contribution in [3.8, 4) is 0 Å². The Morgan fingerprint density at radius 3 is 2.75 bits per heavy atom. The second-order valence-electron chi connectivity index (χ2n) is 3.35. The van der Waals surface area contributed by atoms with Crippen LogP contribution in [0.2, 0.25) is 0 Å². The number of nitrogens with one attached hydrogen (secondary N) is 1. The lowest BCUT2D eigenvalue weighted by Crippen LogP contribution is -2.33. The van der Waals surface area contributed by atoms with E-state index in [1.54, 1.807) is 13.2 Å². The van der Waals surface area contributed by atoms with Gasteiger partial charge in [-0.25, -0.2) is 9.97 Å². The molecule has 1 aromatic heterocycles. The quantitative estimate of drug-likeness (QED) is 0.745. The Kier molecular flexibility index (Phi) is 4.36. The van der Waals surface area contributed by atoms with Crippen molar-refractivity contribution >= 4 is 22.5 Å². The summed E-state index contributed by atoms with van der Waals surface area (Å²) >= 11 is 0. The lowest BCUT2D eigenvalue weighted by atomic mass is 10.4. The van der Waals surface area contributed by atoms with Crippen molar-refractivity contribution in [3.05, 3.63) is 18.1 Å². The number of aromatic nitrogens is 2. The van der Waals surface area contributed by atoms with E-state index < -0.39 is 10.8 Å². The lowest BCUT2D eigenvalue weighted by molar-refractivity contribution is 0.0949. The maximum atomic E-state index is 11.5. The summed E-state index contributed by atoms with van der Waals surface area (Å²) in [6.45, 7) is 2.14. The molecule has 0 saturated heterocycles. The minimum absolute atomic E-state index is 0.0920. The van der Waals surface area contributed by atoms with Crippen LogP contribution in [0.15, 0.2) is 12.4 Å². The number of rotatable bonds is 4. The van der Waals surface area contributed by atoms with E-state index in [0.717, 1.165) is 0 Å². The minimum Gasteiger partial charge on any atom is -0.382 e. The van der Waals surface area contributed by atoms with E-state index >= 15 is 0 Å². The molecule has 6 nitrogen and oxygen atoms in total. The van der Waals surface area contributed by atoms with E-state index in [0.29, 0.717) is 6.54 Å². The first-order valence-corrected chi connectivity index (χ1v) is 6.30. The molecule has 0 saturated carbocycles. The van der Waals surface area contributed by atoms with Crippen molar-refractivity contribution in [3.63, 3.8) is 0 Å². The van der Waals surface area contributed by atoms with Gasteiger partial charge >= 0.3 is 0 Å². The van der Waals surface area contributed by atoms with E-state index in [9.17, 15) is 9.00 Å². The van der Waals surface area contributed by atoms with Crippen LogP contribution in [0.25, 0.3) is 0 Å². The molecular formula is C9H14N4O2S. The molecule has 16 heavy (non-hydrogen) atoms. The van der Waals surface area contributed by atoms with E-state index in [1.807, 2.05) is 0 Å². The van der Waals surface area contributed by atoms with Gasteiger partial charge in [-0.05, 0) is 6.92 Å². The molecule has 0 fully saturated rings. The Labute approximate surface area is 96.1 Å². The van der Waals surface area contributed by atoms with Gasteiger partial charge in [0.2, 0.25) is 0 Å². The molecule has 7 heteroatoms. The topological polar surface area (TPSA) is 98.0 Å². The number of hydrogen-bond acceptors (Lipinski definition) is 5. The molecule has 0 radical (unpaired) electrons. The number of nitrogens with zero attached hydrogens (tertiary/aromatic N) is 2. The van der Waals surface area contributed by atoms with Gasteiger partial charge in [-0.3, -0.25) is 9.00 Å². The zero-order valence-electron chi connectivity index (χ0n) is 9.14. The van der Waals surface area contributed by atoms with Gasteiger partial charge < -0.3 is 11.1 Å². The van der Waals surface area contributed by atoms with E-state index in [1.165, 1.54) is 12.4 Å². The summed E-state index contributed by atoms with van der Waals surface area (Å²) in [6.07, 6.45) is 4.22. The molecule has 0 spiro atoms. The summed E-state index contributed by atoms with van der Waals surface area (Å²) in [6, 6.07) is 0. The summed E-state index contributed by atoms with van der Waals surface area (Å²) in [7, 11) is -0.958. The molecule has 0 aliphatic heterocycles. The van der Waals surface area contributed by atoms with Gasteiger partial charge in [0, 0.05) is 28.9 Å². The monoisotopic (exact) mass is 242 g/mol. The highest BCUT2D eigenvalue weighted by Gasteiger charge is 2.11. The fourth-order valence-corrected chi connectivity index (χ4v) is 1.22. The molecule has 0 bridgehead atoms. The zero-order chi connectivity index (χ0) is 12.1. The van der Waals surface area contributed by atoms with Crippen LogP contribution in [0.3, 0.4) is 0 Å². The van der Waals surface area contributed by atoms with Gasteiger partial charge in [-0.15, -0.1) is 0 Å².